The molecule has 0 spiro atoms. The van der Waals surface area contributed by atoms with Crippen LogP contribution < -0.4 is 15.0 Å². The summed E-state index contributed by atoms with van der Waals surface area (Å²) < 4.78 is 5.21. The van der Waals surface area contributed by atoms with Gasteiger partial charge in [0.05, 0.1) is 18.5 Å². The molecule has 0 amide bonds. The highest BCUT2D eigenvalue weighted by atomic mass is 16.5. The van der Waals surface area contributed by atoms with Gasteiger partial charge in [0.25, 0.3) is 0 Å². The predicted molar refractivity (Wildman–Crippen MR) is 72.9 cm³/mol. The number of anilines is 2. The van der Waals surface area contributed by atoms with Gasteiger partial charge in [0.1, 0.15) is 5.82 Å². The molecular weight excluding hydrogens is 242 g/mol. The Morgan fingerprint density at radius 3 is 3.00 bits per heavy atom. The van der Waals surface area contributed by atoms with E-state index in [0.29, 0.717) is 6.01 Å². The van der Waals surface area contributed by atoms with Gasteiger partial charge in [0.15, 0.2) is 0 Å². The second-order valence-corrected chi connectivity index (χ2v) is 4.51. The predicted octanol–water partition coefficient (Wildman–Crippen LogP) is 1.23. The Kier molecular flexibility index (Phi) is 3.08. The summed E-state index contributed by atoms with van der Waals surface area (Å²) in [5.41, 5.74) is 3.28. The van der Waals surface area contributed by atoms with Crippen LogP contribution in [-0.4, -0.2) is 35.7 Å². The summed E-state index contributed by atoms with van der Waals surface area (Å²) in [4.78, 5) is 14.1. The number of rotatable bonds is 3. The fourth-order valence-electron chi connectivity index (χ4n) is 2.32. The van der Waals surface area contributed by atoms with Crippen molar-refractivity contribution in [2.24, 2.45) is 0 Å². The van der Waals surface area contributed by atoms with Crippen molar-refractivity contribution in [1.82, 2.24) is 20.3 Å². The standard InChI is InChI=1S/C13H17N5O/c1-18(9-3-5-14-7-9)12-10-8-15-6-4-11(10)16-13(17-12)19-2/h3,5,7,14-15H,4,6,8H2,1-2H3. The van der Waals surface area contributed by atoms with Crippen LogP contribution in [-0.2, 0) is 13.0 Å². The van der Waals surface area contributed by atoms with Crippen LogP contribution in [0.3, 0.4) is 0 Å². The van der Waals surface area contributed by atoms with E-state index in [0.717, 1.165) is 42.3 Å². The molecular formula is C13H17N5O. The molecule has 2 N–H and O–H groups in total. The van der Waals surface area contributed by atoms with Crippen molar-refractivity contribution >= 4 is 11.5 Å². The zero-order valence-corrected chi connectivity index (χ0v) is 11.1. The first-order valence-corrected chi connectivity index (χ1v) is 6.30. The van der Waals surface area contributed by atoms with E-state index in [2.05, 4.69) is 20.3 Å². The van der Waals surface area contributed by atoms with Gasteiger partial charge in [-0.05, 0) is 6.07 Å². The number of methoxy groups -OCH3 is 1. The molecule has 100 valence electrons. The highest BCUT2D eigenvalue weighted by Crippen LogP contribution is 2.29. The first kappa shape index (κ1) is 12.0. The molecule has 6 heteroatoms. The van der Waals surface area contributed by atoms with Gasteiger partial charge in [-0.2, -0.15) is 9.97 Å². The first-order valence-electron chi connectivity index (χ1n) is 6.30. The van der Waals surface area contributed by atoms with Crippen molar-refractivity contribution in [2.75, 3.05) is 25.6 Å². The monoisotopic (exact) mass is 259 g/mol. The summed E-state index contributed by atoms with van der Waals surface area (Å²) in [6.07, 6.45) is 4.74. The summed E-state index contributed by atoms with van der Waals surface area (Å²) >= 11 is 0. The zero-order valence-electron chi connectivity index (χ0n) is 11.1. The Hall–Kier alpha value is -2.08. The highest BCUT2D eigenvalue weighted by molar-refractivity contribution is 5.62. The molecule has 0 bridgehead atoms. The lowest BCUT2D eigenvalue weighted by atomic mass is 10.1. The lowest BCUT2D eigenvalue weighted by Crippen LogP contribution is -2.28. The second-order valence-electron chi connectivity index (χ2n) is 4.51. The van der Waals surface area contributed by atoms with Crippen LogP contribution in [0.15, 0.2) is 18.5 Å². The number of nitrogens with zero attached hydrogens (tertiary/aromatic N) is 3. The van der Waals surface area contributed by atoms with Crippen LogP contribution >= 0.6 is 0 Å². The molecule has 3 rings (SSSR count). The van der Waals surface area contributed by atoms with Gasteiger partial charge >= 0.3 is 6.01 Å². The summed E-state index contributed by atoms with van der Waals surface area (Å²) in [5, 5.41) is 3.36. The minimum atomic E-state index is 0.429. The van der Waals surface area contributed by atoms with Crippen LogP contribution in [0, 0.1) is 0 Å². The maximum atomic E-state index is 5.21. The van der Waals surface area contributed by atoms with E-state index in [1.54, 1.807) is 7.11 Å². The number of nitrogens with one attached hydrogen (secondary N) is 2. The van der Waals surface area contributed by atoms with Crippen molar-refractivity contribution in [3.63, 3.8) is 0 Å². The van der Waals surface area contributed by atoms with E-state index in [1.165, 1.54) is 0 Å². The van der Waals surface area contributed by atoms with Crippen LogP contribution in [0.5, 0.6) is 6.01 Å². The summed E-state index contributed by atoms with van der Waals surface area (Å²) in [6, 6.07) is 2.44. The van der Waals surface area contributed by atoms with Crippen molar-refractivity contribution in [1.29, 1.82) is 0 Å². The van der Waals surface area contributed by atoms with E-state index in [9.17, 15) is 0 Å². The molecule has 2 aromatic heterocycles. The smallest absolute Gasteiger partial charge is 0.318 e. The molecule has 1 aliphatic rings. The van der Waals surface area contributed by atoms with E-state index in [4.69, 9.17) is 4.74 Å². The molecule has 0 saturated carbocycles. The quantitative estimate of drug-likeness (QED) is 0.867. The maximum absolute atomic E-state index is 5.21. The van der Waals surface area contributed by atoms with Gasteiger partial charge in [-0.25, -0.2) is 0 Å². The fraction of sp³-hybridized carbons (Fsp3) is 0.385. The lowest BCUT2D eigenvalue weighted by Gasteiger charge is -2.25. The molecule has 0 aliphatic carbocycles. The largest absolute Gasteiger partial charge is 0.467 e. The number of ether oxygens (including phenoxy) is 1. The minimum Gasteiger partial charge on any atom is -0.467 e. The highest BCUT2D eigenvalue weighted by Gasteiger charge is 2.21. The first-order chi connectivity index (χ1) is 9.29. The van der Waals surface area contributed by atoms with Crippen molar-refractivity contribution in [3.05, 3.63) is 29.7 Å². The van der Waals surface area contributed by atoms with Gasteiger partial charge in [-0.15, -0.1) is 0 Å². The molecule has 0 fully saturated rings. The van der Waals surface area contributed by atoms with E-state index in [-0.39, 0.29) is 0 Å². The minimum absolute atomic E-state index is 0.429. The van der Waals surface area contributed by atoms with Crippen LogP contribution in [0.25, 0.3) is 0 Å². The Morgan fingerprint density at radius 2 is 2.26 bits per heavy atom. The van der Waals surface area contributed by atoms with Gasteiger partial charge in [0, 0.05) is 44.5 Å². The van der Waals surface area contributed by atoms with Gasteiger partial charge < -0.3 is 19.9 Å². The molecule has 0 radical (unpaired) electrons. The van der Waals surface area contributed by atoms with Crippen LogP contribution in [0.2, 0.25) is 0 Å². The third-order valence-corrected chi connectivity index (χ3v) is 3.36. The molecule has 0 unspecified atom stereocenters. The number of H-pyrrole nitrogens is 1. The summed E-state index contributed by atoms with van der Waals surface area (Å²) in [5.74, 6) is 0.897. The molecule has 0 aromatic carbocycles. The summed E-state index contributed by atoms with van der Waals surface area (Å²) in [6.45, 7) is 1.74. The number of hydrogen-bond acceptors (Lipinski definition) is 5. The third kappa shape index (κ3) is 2.15. The Balaban J connectivity index is 2.08. The molecule has 19 heavy (non-hydrogen) atoms. The Bertz CT molecular complexity index is 567. The average molecular weight is 259 g/mol. The number of aromatic amines is 1. The average Bonchev–Trinajstić information content (AvgIpc) is 2.99. The van der Waals surface area contributed by atoms with Gasteiger partial charge in [-0.1, -0.05) is 0 Å². The zero-order chi connectivity index (χ0) is 13.2. The number of hydrogen-bond donors (Lipinski definition) is 2. The lowest BCUT2D eigenvalue weighted by molar-refractivity contribution is 0.376. The van der Waals surface area contributed by atoms with Gasteiger partial charge in [-0.3, -0.25) is 0 Å². The van der Waals surface area contributed by atoms with Crippen molar-refractivity contribution in [3.8, 4) is 6.01 Å². The molecule has 1 aliphatic heterocycles. The van der Waals surface area contributed by atoms with Crippen molar-refractivity contribution < 1.29 is 4.74 Å². The van der Waals surface area contributed by atoms with Crippen LogP contribution in [0.4, 0.5) is 11.5 Å². The molecule has 2 aromatic rings. The van der Waals surface area contributed by atoms with E-state index in [1.807, 2.05) is 30.4 Å². The number of aromatic nitrogens is 3. The maximum Gasteiger partial charge on any atom is 0.318 e. The molecule has 0 atom stereocenters. The van der Waals surface area contributed by atoms with Crippen molar-refractivity contribution in [2.45, 2.75) is 13.0 Å². The normalized spacial score (nSPS) is 14.0. The molecule has 3 heterocycles. The topological polar surface area (TPSA) is 66.1 Å². The fourth-order valence-corrected chi connectivity index (χ4v) is 2.32. The van der Waals surface area contributed by atoms with E-state index < -0.39 is 0 Å². The molecule has 0 saturated heterocycles. The van der Waals surface area contributed by atoms with E-state index >= 15 is 0 Å². The number of fused-ring (bicyclic) bond motifs is 1. The Labute approximate surface area is 111 Å². The summed E-state index contributed by atoms with van der Waals surface area (Å²) in [7, 11) is 3.60. The van der Waals surface area contributed by atoms with Gasteiger partial charge in [0.2, 0.25) is 0 Å². The second kappa shape index (κ2) is 4.89. The third-order valence-electron chi connectivity index (χ3n) is 3.36. The SMILES string of the molecule is COc1nc2c(c(N(C)c3cc[nH]c3)n1)CNCC2. The van der Waals surface area contributed by atoms with Crippen LogP contribution in [0.1, 0.15) is 11.3 Å². The Morgan fingerprint density at radius 1 is 1.37 bits per heavy atom. The molecule has 6 nitrogen and oxygen atoms in total.